The lowest BCUT2D eigenvalue weighted by Crippen LogP contribution is -2.47. The molecule has 1 aliphatic carbocycles. The van der Waals surface area contributed by atoms with Gasteiger partial charge in [0.1, 0.15) is 5.56 Å². The van der Waals surface area contributed by atoms with Crippen molar-refractivity contribution in [2.45, 2.75) is 38.1 Å². The molecule has 0 aromatic carbocycles. The molecule has 4 heteroatoms. The largest absolute Gasteiger partial charge is 0.367 e. The molecule has 4 nitrogen and oxygen atoms in total. The SMILES string of the molecule is O=C(c1c[nH]ccc1=O)N1CCCC2CCCC21. The topological polar surface area (TPSA) is 53.2 Å². The highest BCUT2D eigenvalue weighted by Gasteiger charge is 2.37. The van der Waals surface area contributed by atoms with E-state index < -0.39 is 0 Å². The monoisotopic (exact) mass is 246 g/mol. The third-order valence-corrected chi connectivity index (χ3v) is 4.31. The van der Waals surface area contributed by atoms with Crippen molar-refractivity contribution < 1.29 is 4.79 Å². The van der Waals surface area contributed by atoms with Crippen LogP contribution >= 0.6 is 0 Å². The molecule has 3 rings (SSSR count). The van der Waals surface area contributed by atoms with Crippen LogP contribution in [0.3, 0.4) is 0 Å². The van der Waals surface area contributed by atoms with Crippen LogP contribution in [-0.2, 0) is 0 Å². The summed E-state index contributed by atoms with van der Waals surface area (Å²) >= 11 is 0. The standard InChI is InChI=1S/C14H18N2O2/c17-13-6-7-15-9-11(13)14(18)16-8-2-4-10-3-1-5-12(10)16/h6-7,9-10,12H,1-5,8H2,(H,15,17). The predicted octanol–water partition coefficient (Wildman–Crippen LogP) is 1.78. The smallest absolute Gasteiger partial charge is 0.259 e. The Bertz CT molecular complexity index is 509. The van der Waals surface area contributed by atoms with E-state index in [1.807, 2.05) is 4.90 Å². The molecule has 1 aromatic rings. The van der Waals surface area contributed by atoms with Gasteiger partial charge in [-0.25, -0.2) is 0 Å². The number of likely N-dealkylation sites (tertiary alicyclic amines) is 1. The minimum atomic E-state index is -0.182. The Hall–Kier alpha value is -1.58. The fraction of sp³-hybridized carbons (Fsp3) is 0.571. The highest BCUT2D eigenvalue weighted by Crippen LogP contribution is 2.37. The fourth-order valence-electron chi connectivity index (χ4n) is 3.44. The highest BCUT2D eigenvalue weighted by atomic mass is 16.2. The number of carbonyl (C=O) groups excluding carboxylic acids is 1. The maximum absolute atomic E-state index is 12.5. The van der Waals surface area contributed by atoms with E-state index in [9.17, 15) is 9.59 Å². The average molecular weight is 246 g/mol. The fourth-order valence-corrected chi connectivity index (χ4v) is 3.44. The number of aromatic nitrogens is 1. The molecule has 1 saturated carbocycles. The van der Waals surface area contributed by atoms with E-state index in [0.29, 0.717) is 12.0 Å². The lowest BCUT2D eigenvalue weighted by molar-refractivity contribution is 0.0546. The summed E-state index contributed by atoms with van der Waals surface area (Å²) in [5, 5.41) is 0. The predicted molar refractivity (Wildman–Crippen MR) is 68.5 cm³/mol. The number of carbonyl (C=O) groups is 1. The second-order valence-corrected chi connectivity index (χ2v) is 5.32. The number of amides is 1. The zero-order valence-corrected chi connectivity index (χ0v) is 10.4. The molecule has 0 radical (unpaired) electrons. The molecule has 2 heterocycles. The van der Waals surface area contributed by atoms with E-state index in [0.717, 1.165) is 19.4 Å². The summed E-state index contributed by atoms with van der Waals surface area (Å²) in [4.78, 5) is 29.0. The second-order valence-electron chi connectivity index (χ2n) is 5.32. The lowest BCUT2D eigenvalue weighted by atomic mass is 9.91. The Morgan fingerprint density at radius 3 is 2.94 bits per heavy atom. The summed E-state index contributed by atoms with van der Waals surface area (Å²) in [6.45, 7) is 0.800. The Balaban J connectivity index is 1.88. The summed E-state index contributed by atoms with van der Waals surface area (Å²) in [5.74, 6) is 0.568. The molecule has 2 unspecified atom stereocenters. The molecule has 1 N–H and O–H groups in total. The number of aromatic amines is 1. The third kappa shape index (κ3) is 1.85. The van der Waals surface area contributed by atoms with Gasteiger partial charge < -0.3 is 9.88 Å². The van der Waals surface area contributed by atoms with Crippen molar-refractivity contribution in [3.8, 4) is 0 Å². The molecule has 0 bridgehead atoms. The van der Waals surface area contributed by atoms with E-state index in [4.69, 9.17) is 0 Å². The van der Waals surface area contributed by atoms with E-state index in [1.54, 1.807) is 6.20 Å². The molecule has 0 spiro atoms. The van der Waals surface area contributed by atoms with Gasteiger partial charge in [0.25, 0.3) is 5.91 Å². The number of fused-ring (bicyclic) bond motifs is 1. The van der Waals surface area contributed by atoms with E-state index in [-0.39, 0.29) is 16.9 Å². The first-order chi connectivity index (χ1) is 8.77. The van der Waals surface area contributed by atoms with Crippen molar-refractivity contribution in [3.63, 3.8) is 0 Å². The van der Waals surface area contributed by atoms with Crippen LogP contribution in [0.1, 0.15) is 42.5 Å². The molecule has 2 fully saturated rings. The first-order valence-corrected chi connectivity index (χ1v) is 6.75. The summed E-state index contributed by atoms with van der Waals surface area (Å²) in [5.41, 5.74) is 0.101. The number of nitrogens with zero attached hydrogens (tertiary/aromatic N) is 1. The van der Waals surface area contributed by atoms with Crippen molar-refractivity contribution in [3.05, 3.63) is 34.2 Å². The van der Waals surface area contributed by atoms with Crippen LogP contribution < -0.4 is 5.43 Å². The van der Waals surface area contributed by atoms with Crippen LogP contribution in [0, 0.1) is 5.92 Å². The maximum Gasteiger partial charge on any atom is 0.259 e. The Labute approximate surface area is 106 Å². The van der Waals surface area contributed by atoms with Crippen LogP contribution in [0.2, 0.25) is 0 Å². The van der Waals surface area contributed by atoms with Crippen LogP contribution in [0.4, 0.5) is 0 Å². The van der Waals surface area contributed by atoms with E-state index in [2.05, 4.69) is 4.98 Å². The molecular formula is C14H18N2O2. The van der Waals surface area contributed by atoms with Gasteiger partial charge >= 0.3 is 0 Å². The van der Waals surface area contributed by atoms with Crippen molar-refractivity contribution >= 4 is 5.91 Å². The van der Waals surface area contributed by atoms with Crippen molar-refractivity contribution in [1.29, 1.82) is 0 Å². The molecule has 96 valence electrons. The normalized spacial score (nSPS) is 27.0. The minimum Gasteiger partial charge on any atom is -0.367 e. The van der Waals surface area contributed by atoms with Crippen molar-refractivity contribution in [1.82, 2.24) is 9.88 Å². The van der Waals surface area contributed by atoms with Gasteiger partial charge in [0, 0.05) is 31.0 Å². The summed E-state index contributed by atoms with van der Waals surface area (Å²) in [7, 11) is 0. The van der Waals surface area contributed by atoms with Gasteiger partial charge in [-0.1, -0.05) is 6.42 Å². The number of rotatable bonds is 1. The maximum atomic E-state index is 12.5. The highest BCUT2D eigenvalue weighted by molar-refractivity contribution is 5.94. The first-order valence-electron chi connectivity index (χ1n) is 6.75. The first kappa shape index (κ1) is 11.5. The van der Waals surface area contributed by atoms with E-state index >= 15 is 0 Å². The lowest BCUT2D eigenvalue weighted by Gasteiger charge is -2.37. The molecule has 2 aliphatic rings. The van der Waals surface area contributed by atoms with E-state index in [1.165, 1.54) is 31.5 Å². The van der Waals surface area contributed by atoms with Gasteiger partial charge in [0.2, 0.25) is 0 Å². The van der Waals surface area contributed by atoms with Gasteiger partial charge in [-0.05, 0) is 31.6 Å². The molecule has 2 atom stereocenters. The van der Waals surface area contributed by atoms with Crippen molar-refractivity contribution in [2.75, 3.05) is 6.54 Å². The molecular weight excluding hydrogens is 228 g/mol. The quantitative estimate of drug-likeness (QED) is 0.821. The van der Waals surface area contributed by atoms with Crippen LogP contribution in [0.5, 0.6) is 0 Å². The molecule has 1 aliphatic heterocycles. The molecule has 18 heavy (non-hydrogen) atoms. The summed E-state index contributed by atoms with van der Waals surface area (Å²) < 4.78 is 0. The average Bonchev–Trinajstić information content (AvgIpc) is 2.86. The summed E-state index contributed by atoms with van der Waals surface area (Å²) in [6.07, 6.45) is 8.94. The minimum absolute atomic E-state index is 0.0894. The van der Waals surface area contributed by atoms with Crippen LogP contribution in [0.15, 0.2) is 23.3 Å². The molecule has 1 saturated heterocycles. The zero-order valence-electron chi connectivity index (χ0n) is 10.4. The van der Waals surface area contributed by atoms with Gasteiger partial charge in [-0.3, -0.25) is 9.59 Å². The number of nitrogens with one attached hydrogen (secondary N) is 1. The third-order valence-electron chi connectivity index (χ3n) is 4.31. The Kier molecular flexibility index (Phi) is 2.94. The second kappa shape index (κ2) is 4.59. The van der Waals surface area contributed by atoms with Gasteiger partial charge in [0.15, 0.2) is 5.43 Å². The van der Waals surface area contributed by atoms with Crippen LogP contribution in [0.25, 0.3) is 0 Å². The van der Waals surface area contributed by atoms with Gasteiger partial charge in [-0.2, -0.15) is 0 Å². The zero-order chi connectivity index (χ0) is 12.5. The Morgan fingerprint density at radius 2 is 2.11 bits per heavy atom. The number of piperidine rings is 1. The van der Waals surface area contributed by atoms with Gasteiger partial charge in [-0.15, -0.1) is 0 Å². The van der Waals surface area contributed by atoms with Gasteiger partial charge in [0.05, 0.1) is 0 Å². The number of hydrogen-bond donors (Lipinski definition) is 1. The van der Waals surface area contributed by atoms with Crippen LogP contribution in [-0.4, -0.2) is 28.4 Å². The summed E-state index contributed by atoms with van der Waals surface area (Å²) in [6, 6.07) is 1.79. The number of pyridine rings is 1. The number of hydrogen-bond acceptors (Lipinski definition) is 2. The number of H-pyrrole nitrogens is 1. The molecule has 1 aromatic heterocycles. The molecule has 1 amide bonds. The Morgan fingerprint density at radius 1 is 1.28 bits per heavy atom. The van der Waals surface area contributed by atoms with Crippen molar-refractivity contribution in [2.24, 2.45) is 5.92 Å².